The van der Waals surface area contributed by atoms with Crippen molar-refractivity contribution in [2.75, 3.05) is 0 Å². The van der Waals surface area contributed by atoms with E-state index in [1.165, 1.54) is 6.42 Å². The normalized spacial score (nSPS) is 37.8. The lowest BCUT2D eigenvalue weighted by molar-refractivity contribution is 0.499. The molecule has 1 heteroatoms. The van der Waals surface area contributed by atoms with E-state index in [4.69, 9.17) is 0 Å². The molecule has 0 aromatic carbocycles. The molecule has 0 bridgehead atoms. The van der Waals surface area contributed by atoms with E-state index >= 15 is 0 Å². The van der Waals surface area contributed by atoms with Crippen LogP contribution in [0.4, 0.5) is 0 Å². The maximum Gasteiger partial charge on any atom is 0.0224 e. The molecule has 46 valence electrons. The van der Waals surface area contributed by atoms with E-state index in [1.54, 1.807) is 0 Å². The zero-order chi connectivity index (χ0) is 5.98. The first-order valence-electron chi connectivity index (χ1n) is 3.22. The van der Waals surface area contributed by atoms with Crippen LogP contribution in [0.2, 0.25) is 0 Å². The molecule has 2 atom stereocenters. The highest BCUT2D eigenvalue weighted by molar-refractivity contribution is 4.98. The van der Waals surface area contributed by atoms with E-state index in [2.05, 4.69) is 31.3 Å². The Labute approximate surface area is 50.8 Å². The molecular weight excluding hydrogens is 98.1 g/mol. The molecule has 0 aromatic heterocycles. The third kappa shape index (κ3) is 1.34. The van der Waals surface area contributed by atoms with E-state index in [0.717, 1.165) is 0 Å². The van der Waals surface area contributed by atoms with Crippen molar-refractivity contribution in [3.63, 3.8) is 0 Å². The molecule has 2 unspecified atom stereocenters. The largest absolute Gasteiger partial charge is 0.308 e. The average Bonchev–Trinajstić information content (AvgIpc) is 1.64. The Morgan fingerprint density at radius 3 is 2.62 bits per heavy atom. The van der Waals surface area contributed by atoms with E-state index in [-0.39, 0.29) is 0 Å². The fraction of sp³-hybridized carbons (Fsp3) is 0.714. The van der Waals surface area contributed by atoms with Gasteiger partial charge in [0, 0.05) is 12.1 Å². The first-order valence-corrected chi connectivity index (χ1v) is 3.22. The summed E-state index contributed by atoms with van der Waals surface area (Å²) in [5.74, 6) is 0. The molecule has 1 nitrogen and oxygen atoms in total. The fourth-order valence-corrected chi connectivity index (χ4v) is 1.06. The average molecular weight is 111 g/mol. The highest BCUT2D eigenvalue weighted by Crippen LogP contribution is 2.01. The van der Waals surface area contributed by atoms with Crippen LogP contribution < -0.4 is 5.32 Å². The third-order valence-electron chi connectivity index (χ3n) is 1.46. The number of nitrogens with one attached hydrogen (secondary N) is 1. The van der Waals surface area contributed by atoms with Crippen molar-refractivity contribution in [1.82, 2.24) is 5.32 Å². The second kappa shape index (κ2) is 2.31. The molecule has 0 aromatic rings. The molecule has 0 spiro atoms. The molecule has 0 aliphatic carbocycles. The molecule has 0 saturated carbocycles. The van der Waals surface area contributed by atoms with Gasteiger partial charge in [-0.3, -0.25) is 0 Å². The van der Waals surface area contributed by atoms with E-state index in [1.807, 2.05) is 0 Å². The Morgan fingerprint density at radius 2 is 2.25 bits per heavy atom. The predicted molar refractivity (Wildman–Crippen MR) is 35.8 cm³/mol. The van der Waals surface area contributed by atoms with Gasteiger partial charge in [-0.05, 0) is 20.3 Å². The highest BCUT2D eigenvalue weighted by Gasteiger charge is 2.06. The van der Waals surface area contributed by atoms with Gasteiger partial charge in [-0.15, -0.1) is 0 Å². The summed E-state index contributed by atoms with van der Waals surface area (Å²) in [5, 5.41) is 3.39. The SMILES string of the molecule is CC1C=CCC(C)N1. The molecule has 8 heavy (non-hydrogen) atoms. The maximum atomic E-state index is 3.39. The van der Waals surface area contributed by atoms with Crippen LogP contribution in [0.15, 0.2) is 12.2 Å². The Bertz CT molecular complexity index is 96.6. The molecule has 0 saturated heterocycles. The van der Waals surface area contributed by atoms with Gasteiger partial charge in [0.1, 0.15) is 0 Å². The van der Waals surface area contributed by atoms with Gasteiger partial charge in [0.2, 0.25) is 0 Å². The molecule has 1 aliphatic heterocycles. The van der Waals surface area contributed by atoms with Crippen LogP contribution in [0.25, 0.3) is 0 Å². The van der Waals surface area contributed by atoms with Gasteiger partial charge >= 0.3 is 0 Å². The van der Waals surface area contributed by atoms with Gasteiger partial charge in [-0.2, -0.15) is 0 Å². The van der Waals surface area contributed by atoms with E-state index in [9.17, 15) is 0 Å². The van der Waals surface area contributed by atoms with Crippen molar-refractivity contribution in [3.8, 4) is 0 Å². The monoisotopic (exact) mass is 111 g/mol. The molecule has 1 rings (SSSR count). The van der Waals surface area contributed by atoms with Crippen molar-refractivity contribution >= 4 is 0 Å². The summed E-state index contributed by atoms with van der Waals surface area (Å²) in [6.07, 6.45) is 5.64. The highest BCUT2D eigenvalue weighted by atomic mass is 14.9. The minimum absolute atomic E-state index is 0.582. The van der Waals surface area contributed by atoms with Gasteiger partial charge < -0.3 is 5.32 Å². The van der Waals surface area contributed by atoms with Crippen LogP contribution in [0.5, 0.6) is 0 Å². The second-order valence-corrected chi connectivity index (χ2v) is 2.52. The first kappa shape index (κ1) is 5.83. The van der Waals surface area contributed by atoms with Crippen LogP contribution in [0.1, 0.15) is 20.3 Å². The summed E-state index contributed by atoms with van der Waals surface area (Å²) in [5.41, 5.74) is 0. The molecule has 0 fully saturated rings. The number of hydrogen-bond acceptors (Lipinski definition) is 1. The molecule has 1 heterocycles. The van der Waals surface area contributed by atoms with Crippen LogP contribution in [-0.2, 0) is 0 Å². The zero-order valence-electron chi connectivity index (χ0n) is 5.52. The second-order valence-electron chi connectivity index (χ2n) is 2.52. The van der Waals surface area contributed by atoms with Crippen molar-refractivity contribution < 1.29 is 0 Å². The Hall–Kier alpha value is -0.300. The first-order chi connectivity index (χ1) is 3.79. The van der Waals surface area contributed by atoms with Crippen LogP contribution >= 0.6 is 0 Å². The van der Waals surface area contributed by atoms with Crippen molar-refractivity contribution in [2.45, 2.75) is 32.4 Å². The summed E-state index contributed by atoms with van der Waals surface area (Å²) < 4.78 is 0. The van der Waals surface area contributed by atoms with Gasteiger partial charge in [-0.1, -0.05) is 12.2 Å². The minimum atomic E-state index is 0.582. The third-order valence-corrected chi connectivity index (χ3v) is 1.46. The smallest absolute Gasteiger partial charge is 0.0224 e. The lowest BCUT2D eigenvalue weighted by Crippen LogP contribution is -2.35. The zero-order valence-corrected chi connectivity index (χ0v) is 5.52. The van der Waals surface area contributed by atoms with Crippen molar-refractivity contribution in [1.29, 1.82) is 0 Å². The molecule has 1 N–H and O–H groups in total. The van der Waals surface area contributed by atoms with Crippen LogP contribution in [0, 0.1) is 0 Å². The van der Waals surface area contributed by atoms with Gasteiger partial charge in [0.25, 0.3) is 0 Å². The summed E-state index contributed by atoms with van der Waals surface area (Å²) in [6.45, 7) is 4.38. The lowest BCUT2D eigenvalue weighted by Gasteiger charge is -2.20. The molecule has 0 amide bonds. The standard InChI is InChI=1S/C7H13N/c1-6-4-3-5-7(2)8-6/h3-4,6-8H,5H2,1-2H3. The van der Waals surface area contributed by atoms with Crippen LogP contribution in [-0.4, -0.2) is 12.1 Å². The fourth-order valence-electron chi connectivity index (χ4n) is 1.06. The summed E-state index contributed by atoms with van der Waals surface area (Å²) in [4.78, 5) is 0. The van der Waals surface area contributed by atoms with Crippen molar-refractivity contribution in [3.05, 3.63) is 12.2 Å². The quantitative estimate of drug-likeness (QED) is 0.465. The molecule has 0 radical (unpaired) electrons. The molecular formula is C7H13N. The topological polar surface area (TPSA) is 12.0 Å². The summed E-state index contributed by atoms with van der Waals surface area (Å²) in [6, 6.07) is 1.26. The number of rotatable bonds is 0. The Morgan fingerprint density at radius 1 is 1.50 bits per heavy atom. The summed E-state index contributed by atoms with van der Waals surface area (Å²) >= 11 is 0. The van der Waals surface area contributed by atoms with Gasteiger partial charge in [-0.25, -0.2) is 0 Å². The van der Waals surface area contributed by atoms with Crippen LogP contribution in [0.3, 0.4) is 0 Å². The number of hydrogen-bond donors (Lipinski definition) is 1. The van der Waals surface area contributed by atoms with E-state index < -0.39 is 0 Å². The minimum Gasteiger partial charge on any atom is -0.308 e. The molecule has 1 aliphatic rings. The van der Waals surface area contributed by atoms with E-state index in [0.29, 0.717) is 12.1 Å². The Balaban J connectivity index is 2.42. The maximum absolute atomic E-state index is 3.39. The lowest BCUT2D eigenvalue weighted by atomic mass is 10.1. The van der Waals surface area contributed by atoms with Gasteiger partial charge in [0.15, 0.2) is 0 Å². The Kier molecular flexibility index (Phi) is 1.69. The summed E-state index contributed by atoms with van der Waals surface area (Å²) in [7, 11) is 0. The van der Waals surface area contributed by atoms with Gasteiger partial charge in [0.05, 0.1) is 0 Å². The predicted octanol–water partition coefficient (Wildman–Crippen LogP) is 1.31. The van der Waals surface area contributed by atoms with Crippen molar-refractivity contribution in [2.24, 2.45) is 0 Å².